The molecular formula is C15H29N3O. The first-order chi connectivity index (χ1) is 9.00. The highest BCUT2D eigenvalue weighted by Gasteiger charge is 2.35. The zero-order valence-corrected chi connectivity index (χ0v) is 12.9. The second-order valence-corrected chi connectivity index (χ2v) is 6.41. The summed E-state index contributed by atoms with van der Waals surface area (Å²) in [6.07, 6.45) is 4.87. The van der Waals surface area contributed by atoms with Crippen LogP contribution >= 0.6 is 0 Å². The lowest BCUT2D eigenvalue weighted by atomic mass is 10.1. The van der Waals surface area contributed by atoms with Crippen LogP contribution in [-0.4, -0.2) is 60.0 Å². The minimum Gasteiger partial charge on any atom is -0.343 e. The predicted octanol–water partition coefficient (Wildman–Crippen LogP) is 1.46. The van der Waals surface area contributed by atoms with E-state index in [9.17, 15) is 4.79 Å². The molecule has 2 aliphatic heterocycles. The van der Waals surface area contributed by atoms with Crippen molar-refractivity contribution in [3.05, 3.63) is 0 Å². The number of likely N-dealkylation sites (N-methyl/N-ethyl adjacent to an activating group) is 1. The summed E-state index contributed by atoms with van der Waals surface area (Å²) in [6, 6.07) is 1.58. The lowest BCUT2D eigenvalue weighted by molar-refractivity contribution is -0.136. The van der Waals surface area contributed by atoms with Gasteiger partial charge in [0.15, 0.2) is 0 Å². The van der Waals surface area contributed by atoms with Crippen LogP contribution in [0.4, 0.5) is 0 Å². The Kier molecular flexibility index (Phi) is 4.85. The number of rotatable bonds is 4. The first-order valence-electron chi connectivity index (χ1n) is 7.76. The maximum absolute atomic E-state index is 12.6. The minimum absolute atomic E-state index is 0.0129. The van der Waals surface area contributed by atoms with Gasteiger partial charge in [0, 0.05) is 31.7 Å². The van der Waals surface area contributed by atoms with E-state index in [1.54, 1.807) is 0 Å². The molecular weight excluding hydrogens is 238 g/mol. The molecule has 4 heteroatoms. The van der Waals surface area contributed by atoms with Gasteiger partial charge in [-0.2, -0.15) is 0 Å². The lowest BCUT2D eigenvalue weighted by Crippen LogP contribution is -2.51. The van der Waals surface area contributed by atoms with Crippen LogP contribution < -0.4 is 5.32 Å². The molecule has 2 saturated heterocycles. The molecule has 110 valence electrons. The van der Waals surface area contributed by atoms with Gasteiger partial charge in [-0.15, -0.1) is 0 Å². The summed E-state index contributed by atoms with van der Waals surface area (Å²) in [7, 11) is 1.95. The summed E-state index contributed by atoms with van der Waals surface area (Å²) in [4.78, 5) is 16.9. The highest BCUT2D eigenvalue weighted by molar-refractivity contribution is 5.81. The molecule has 2 fully saturated rings. The Labute approximate surface area is 117 Å². The van der Waals surface area contributed by atoms with Gasteiger partial charge in [-0.05, 0) is 53.0 Å². The van der Waals surface area contributed by atoms with Crippen molar-refractivity contribution in [1.29, 1.82) is 0 Å². The van der Waals surface area contributed by atoms with Crippen molar-refractivity contribution in [2.45, 2.75) is 70.6 Å². The number of amides is 1. The molecule has 0 saturated carbocycles. The standard InChI is InChI=1S/C15H29N3O/c1-11-7-8-12(2)18(11)13(3)15(19)17(4)10-14-6-5-9-16-14/h11-14,16H,5-10H2,1-4H3. The summed E-state index contributed by atoms with van der Waals surface area (Å²) in [6.45, 7) is 8.50. The minimum atomic E-state index is 0.0129. The monoisotopic (exact) mass is 267 g/mol. The molecule has 0 bridgehead atoms. The second-order valence-electron chi connectivity index (χ2n) is 6.41. The van der Waals surface area contributed by atoms with Crippen LogP contribution in [0.15, 0.2) is 0 Å². The highest BCUT2D eigenvalue weighted by atomic mass is 16.2. The number of carbonyl (C=O) groups is 1. The molecule has 2 heterocycles. The van der Waals surface area contributed by atoms with Crippen LogP contribution in [0.5, 0.6) is 0 Å². The maximum atomic E-state index is 12.6. The van der Waals surface area contributed by atoms with Gasteiger partial charge in [0.25, 0.3) is 0 Å². The van der Waals surface area contributed by atoms with E-state index >= 15 is 0 Å². The Morgan fingerprint density at radius 3 is 2.47 bits per heavy atom. The van der Waals surface area contributed by atoms with E-state index in [0.717, 1.165) is 13.1 Å². The normalized spacial score (nSPS) is 33.6. The molecule has 4 atom stereocenters. The van der Waals surface area contributed by atoms with Crippen molar-refractivity contribution in [1.82, 2.24) is 15.1 Å². The van der Waals surface area contributed by atoms with Crippen LogP contribution in [0.1, 0.15) is 46.5 Å². The van der Waals surface area contributed by atoms with Crippen molar-refractivity contribution in [3.8, 4) is 0 Å². The number of carbonyl (C=O) groups excluding carboxylic acids is 1. The Morgan fingerprint density at radius 2 is 1.95 bits per heavy atom. The molecule has 19 heavy (non-hydrogen) atoms. The van der Waals surface area contributed by atoms with Crippen molar-refractivity contribution in [2.24, 2.45) is 0 Å². The van der Waals surface area contributed by atoms with E-state index in [2.05, 4.69) is 31.0 Å². The third kappa shape index (κ3) is 3.29. The molecule has 0 aromatic rings. The van der Waals surface area contributed by atoms with Gasteiger partial charge in [0.1, 0.15) is 0 Å². The third-order valence-corrected chi connectivity index (χ3v) is 4.86. The Balaban J connectivity index is 1.90. The van der Waals surface area contributed by atoms with Crippen LogP contribution in [0, 0.1) is 0 Å². The van der Waals surface area contributed by atoms with E-state index < -0.39 is 0 Å². The van der Waals surface area contributed by atoms with Crippen molar-refractivity contribution < 1.29 is 4.79 Å². The largest absolute Gasteiger partial charge is 0.343 e. The molecule has 0 aromatic heterocycles. The smallest absolute Gasteiger partial charge is 0.239 e. The fourth-order valence-electron chi connectivity index (χ4n) is 3.76. The number of hydrogen-bond donors (Lipinski definition) is 1. The van der Waals surface area contributed by atoms with E-state index in [0.29, 0.717) is 18.1 Å². The van der Waals surface area contributed by atoms with E-state index in [1.165, 1.54) is 25.7 Å². The maximum Gasteiger partial charge on any atom is 0.239 e. The Morgan fingerprint density at radius 1 is 1.32 bits per heavy atom. The summed E-state index contributed by atoms with van der Waals surface area (Å²) in [5.74, 6) is 0.272. The second kappa shape index (κ2) is 6.23. The summed E-state index contributed by atoms with van der Waals surface area (Å²) in [5, 5.41) is 3.46. The SMILES string of the molecule is CC1CCC(C)N1C(C)C(=O)N(C)CC1CCCN1. The summed E-state index contributed by atoms with van der Waals surface area (Å²) in [5.41, 5.74) is 0. The van der Waals surface area contributed by atoms with Gasteiger partial charge in [-0.25, -0.2) is 0 Å². The van der Waals surface area contributed by atoms with Crippen LogP contribution in [0.2, 0.25) is 0 Å². The number of nitrogens with zero attached hydrogens (tertiary/aromatic N) is 2. The first kappa shape index (κ1) is 14.8. The Bertz CT molecular complexity index is 305. The van der Waals surface area contributed by atoms with E-state index in [-0.39, 0.29) is 11.9 Å². The fraction of sp³-hybridized carbons (Fsp3) is 0.933. The van der Waals surface area contributed by atoms with Crippen LogP contribution in [0.25, 0.3) is 0 Å². The first-order valence-corrected chi connectivity index (χ1v) is 7.76. The zero-order valence-electron chi connectivity index (χ0n) is 12.9. The number of likely N-dealkylation sites (tertiary alicyclic amines) is 1. The van der Waals surface area contributed by atoms with Gasteiger partial charge < -0.3 is 10.2 Å². The van der Waals surface area contributed by atoms with Gasteiger partial charge in [-0.3, -0.25) is 9.69 Å². The average molecular weight is 267 g/mol. The highest BCUT2D eigenvalue weighted by Crippen LogP contribution is 2.26. The van der Waals surface area contributed by atoms with Gasteiger partial charge in [0.05, 0.1) is 6.04 Å². The molecule has 2 rings (SSSR count). The molecule has 0 spiro atoms. The molecule has 1 N–H and O–H groups in total. The Hall–Kier alpha value is -0.610. The molecule has 0 aromatic carbocycles. The van der Waals surface area contributed by atoms with Gasteiger partial charge >= 0.3 is 0 Å². The summed E-state index contributed by atoms with van der Waals surface area (Å²) < 4.78 is 0. The fourth-order valence-corrected chi connectivity index (χ4v) is 3.76. The van der Waals surface area contributed by atoms with E-state index in [4.69, 9.17) is 0 Å². The van der Waals surface area contributed by atoms with Crippen molar-refractivity contribution in [2.75, 3.05) is 20.1 Å². The number of hydrogen-bond acceptors (Lipinski definition) is 3. The molecule has 4 nitrogen and oxygen atoms in total. The lowest BCUT2D eigenvalue weighted by Gasteiger charge is -2.34. The van der Waals surface area contributed by atoms with Crippen LogP contribution in [-0.2, 0) is 4.79 Å². The van der Waals surface area contributed by atoms with Crippen molar-refractivity contribution in [3.63, 3.8) is 0 Å². The van der Waals surface area contributed by atoms with Crippen molar-refractivity contribution >= 4 is 5.91 Å². The topological polar surface area (TPSA) is 35.6 Å². The molecule has 0 radical (unpaired) electrons. The predicted molar refractivity (Wildman–Crippen MR) is 78.1 cm³/mol. The van der Waals surface area contributed by atoms with Crippen LogP contribution in [0.3, 0.4) is 0 Å². The third-order valence-electron chi connectivity index (χ3n) is 4.86. The quantitative estimate of drug-likeness (QED) is 0.837. The molecule has 2 aliphatic rings. The molecule has 0 aliphatic carbocycles. The molecule has 4 unspecified atom stereocenters. The number of nitrogens with one attached hydrogen (secondary N) is 1. The zero-order chi connectivity index (χ0) is 14.0. The van der Waals surface area contributed by atoms with E-state index in [1.807, 2.05) is 11.9 Å². The van der Waals surface area contributed by atoms with Gasteiger partial charge in [0.2, 0.25) is 5.91 Å². The molecule has 1 amide bonds. The van der Waals surface area contributed by atoms with Gasteiger partial charge in [-0.1, -0.05) is 0 Å². The average Bonchev–Trinajstić information content (AvgIpc) is 2.98. The summed E-state index contributed by atoms with van der Waals surface area (Å²) >= 11 is 0.